The van der Waals surface area contributed by atoms with E-state index in [-0.39, 0.29) is 11.8 Å². The smallest absolute Gasteiger partial charge is 0.257 e. The number of nitrogens with one attached hydrogen (secondary N) is 1. The Morgan fingerprint density at radius 2 is 1.72 bits per heavy atom. The molecule has 0 radical (unpaired) electrons. The summed E-state index contributed by atoms with van der Waals surface area (Å²) < 4.78 is 0. The highest BCUT2D eigenvalue weighted by molar-refractivity contribution is 6.34. The van der Waals surface area contributed by atoms with E-state index in [9.17, 15) is 9.59 Å². The number of anilines is 2. The average Bonchev–Trinajstić information content (AvgIpc) is 3.06. The molecule has 1 N–H and O–H groups in total. The van der Waals surface area contributed by atoms with E-state index >= 15 is 0 Å². The lowest BCUT2D eigenvalue weighted by molar-refractivity contribution is 0.0767. The first-order chi connectivity index (χ1) is 15.5. The molecule has 32 heavy (non-hydrogen) atoms. The van der Waals surface area contributed by atoms with Crippen LogP contribution in [-0.4, -0.2) is 47.9 Å². The van der Waals surface area contributed by atoms with Crippen molar-refractivity contribution >= 4 is 34.9 Å². The molecule has 1 aromatic heterocycles. The fraction of sp³-hybridized carbons (Fsp3) is 0.240. The molecule has 0 unspecified atom stereocenters. The normalized spacial score (nSPS) is 14.1. The van der Waals surface area contributed by atoms with Crippen LogP contribution in [0, 0.1) is 6.92 Å². The van der Waals surface area contributed by atoms with Gasteiger partial charge in [-0.25, -0.2) is 4.98 Å². The summed E-state index contributed by atoms with van der Waals surface area (Å²) >= 11 is 6.10. The Kier molecular flexibility index (Phi) is 6.71. The van der Waals surface area contributed by atoms with Crippen molar-refractivity contribution < 1.29 is 9.59 Å². The zero-order valence-corrected chi connectivity index (χ0v) is 18.7. The van der Waals surface area contributed by atoms with E-state index in [0.29, 0.717) is 29.4 Å². The van der Waals surface area contributed by atoms with Crippen molar-refractivity contribution in [2.45, 2.75) is 13.3 Å². The summed E-state index contributed by atoms with van der Waals surface area (Å²) in [6, 6.07) is 18.3. The lowest BCUT2D eigenvalue weighted by atomic mass is 10.1. The minimum atomic E-state index is -0.273. The summed E-state index contributed by atoms with van der Waals surface area (Å²) in [5, 5.41) is 3.23. The molecule has 0 atom stereocenters. The van der Waals surface area contributed by atoms with Crippen molar-refractivity contribution in [3.05, 3.63) is 88.6 Å². The summed E-state index contributed by atoms with van der Waals surface area (Å²) in [6.07, 6.45) is 2.51. The zero-order valence-electron chi connectivity index (χ0n) is 17.9. The fourth-order valence-corrected chi connectivity index (χ4v) is 3.94. The summed E-state index contributed by atoms with van der Waals surface area (Å²) in [4.78, 5) is 33.9. The molecule has 2 aromatic carbocycles. The van der Waals surface area contributed by atoms with Gasteiger partial charge in [0.1, 0.15) is 5.82 Å². The molecule has 1 saturated heterocycles. The third kappa shape index (κ3) is 5.08. The van der Waals surface area contributed by atoms with Crippen LogP contribution >= 0.6 is 11.6 Å². The van der Waals surface area contributed by atoms with Crippen molar-refractivity contribution in [3.63, 3.8) is 0 Å². The number of benzene rings is 2. The second kappa shape index (κ2) is 9.83. The van der Waals surface area contributed by atoms with E-state index < -0.39 is 0 Å². The van der Waals surface area contributed by atoms with E-state index in [4.69, 9.17) is 11.6 Å². The van der Waals surface area contributed by atoms with Crippen molar-refractivity contribution in [3.8, 4) is 0 Å². The zero-order chi connectivity index (χ0) is 22.5. The molecule has 1 aliphatic heterocycles. The maximum absolute atomic E-state index is 12.8. The maximum atomic E-state index is 12.8. The highest BCUT2D eigenvalue weighted by Crippen LogP contribution is 2.20. The lowest BCUT2D eigenvalue weighted by Crippen LogP contribution is -2.35. The number of aromatic nitrogens is 1. The van der Waals surface area contributed by atoms with Gasteiger partial charge in [0.25, 0.3) is 11.8 Å². The van der Waals surface area contributed by atoms with E-state index in [1.165, 1.54) is 0 Å². The van der Waals surface area contributed by atoms with Crippen LogP contribution in [0.5, 0.6) is 0 Å². The molecule has 164 valence electrons. The number of amides is 2. The summed E-state index contributed by atoms with van der Waals surface area (Å²) in [7, 11) is 0. The van der Waals surface area contributed by atoms with Gasteiger partial charge in [-0.1, -0.05) is 41.4 Å². The molecule has 2 heterocycles. The van der Waals surface area contributed by atoms with Gasteiger partial charge in [-0.3, -0.25) is 9.59 Å². The number of nitrogens with zero attached hydrogens (tertiary/aromatic N) is 3. The topological polar surface area (TPSA) is 65.5 Å². The molecule has 0 spiro atoms. The van der Waals surface area contributed by atoms with Gasteiger partial charge in [-0.2, -0.15) is 0 Å². The summed E-state index contributed by atoms with van der Waals surface area (Å²) in [5.41, 5.74) is 2.88. The second-order valence-electron chi connectivity index (χ2n) is 7.84. The minimum absolute atomic E-state index is 0.0671. The van der Waals surface area contributed by atoms with Gasteiger partial charge in [-0.05, 0) is 49.7 Å². The van der Waals surface area contributed by atoms with Gasteiger partial charge in [0, 0.05) is 31.7 Å². The highest BCUT2D eigenvalue weighted by atomic mass is 35.5. The summed E-state index contributed by atoms with van der Waals surface area (Å²) in [6.45, 7) is 4.89. The van der Waals surface area contributed by atoms with Crippen LogP contribution in [0.1, 0.15) is 32.7 Å². The van der Waals surface area contributed by atoms with Crippen molar-refractivity contribution in [2.24, 2.45) is 0 Å². The molecule has 2 amide bonds. The average molecular weight is 449 g/mol. The van der Waals surface area contributed by atoms with Gasteiger partial charge in [0.2, 0.25) is 0 Å². The predicted molar refractivity (Wildman–Crippen MR) is 128 cm³/mol. The molecule has 4 rings (SSSR count). The van der Waals surface area contributed by atoms with E-state index in [1.807, 2.05) is 48.2 Å². The van der Waals surface area contributed by atoms with Gasteiger partial charge >= 0.3 is 0 Å². The van der Waals surface area contributed by atoms with Crippen LogP contribution in [0.15, 0.2) is 66.9 Å². The van der Waals surface area contributed by atoms with Crippen molar-refractivity contribution in [2.75, 3.05) is 36.4 Å². The quantitative estimate of drug-likeness (QED) is 0.631. The standard InChI is InChI=1S/C25H25ClN4O2/c1-18-7-9-19(10-8-18)25(32)30-14-4-13-29(15-16-30)23-12-11-20(17-27-23)28-24(31)21-5-2-3-6-22(21)26/h2-3,5-12,17H,4,13-16H2,1H3,(H,28,31). The Balaban J connectivity index is 1.37. The van der Waals surface area contributed by atoms with Gasteiger partial charge in [-0.15, -0.1) is 0 Å². The number of carbonyl (C=O) groups is 2. The van der Waals surface area contributed by atoms with Crippen LogP contribution in [0.4, 0.5) is 11.5 Å². The molecule has 0 bridgehead atoms. The fourth-order valence-electron chi connectivity index (χ4n) is 3.72. The number of rotatable bonds is 4. The molecular weight excluding hydrogens is 424 g/mol. The van der Waals surface area contributed by atoms with Gasteiger partial charge in [0.05, 0.1) is 22.5 Å². The third-order valence-corrected chi connectivity index (χ3v) is 5.86. The lowest BCUT2D eigenvalue weighted by Gasteiger charge is -2.23. The first-order valence-corrected chi connectivity index (χ1v) is 11.0. The number of aryl methyl sites for hydroxylation is 1. The second-order valence-corrected chi connectivity index (χ2v) is 8.25. The molecule has 1 aliphatic rings. The Morgan fingerprint density at radius 1 is 0.938 bits per heavy atom. The minimum Gasteiger partial charge on any atom is -0.355 e. The third-order valence-electron chi connectivity index (χ3n) is 5.53. The number of carbonyl (C=O) groups excluding carboxylic acids is 2. The molecular formula is C25H25ClN4O2. The number of pyridine rings is 1. The molecule has 0 aliphatic carbocycles. The predicted octanol–water partition coefficient (Wildman–Crippen LogP) is 4.65. The van der Waals surface area contributed by atoms with Gasteiger partial charge in [0.15, 0.2) is 0 Å². The Hall–Kier alpha value is -3.38. The largest absolute Gasteiger partial charge is 0.355 e. The number of hydrogen-bond donors (Lipinski definition) is 1. The first kappa shape index (κ1) is 21.8. The van der Waals surface area contributed by atoms with E-state index in [2.05, 4.69) is 15.2 Å². The first-order valence-electron chi connectivity index (χ1n) is 10.6. The van der Waals surface area contributed by atoms with E-state index in [0.717, 1.165) is 36.5 Å². The van der Waals surface area contributed by atoms with E-state index in [1.54, 1.807) is 30.5 Å². The van der Waals surface area contributed by atoms with Crippen LogP contribution in [0.3, 0.4) is 0 Å². The van der Waals surface area contributed by atoms with Crippen LogP contribution in [0.25, 0.3) is 0 Å². The van der Waals surface area contributed by atoms with Crippen LogP contribution in [0.2, 0.25) is 5.02 Å². The monoisotopic (exact) mass is 448 g/mol. The Labute approximate surface area is 192 Å². The SMILES string of the molecule is Cc1ccc(C(=O)N2CCCN(c3ccc(NC(=O)c4ccccc4Cl)cn3)CC2)cc1. The molecule has 7 heteroatoms. The summed E-state index contributed by atoms with van der Waals surface area (Å²) in [5.74, 6) is 0.619. The highest BCUT2D eigenvalue weighted by Gasteiger charge is 2.21. The maximum Gasteiger partial charge on any atom is 0.257 e. The Bertz CT molecular complexity index is 1100. The van der Waals surface area contributed by atoms with Crippen molar-refractivity contribution in [1.29, 1.82) is 0 Å². The molecule has 1 fully saturated rings. The Morgan fingerprint density at radius 3 is 2.44 bits per heavy atom. The number of hydrogen-bond acceptors (Lipinski definition) is 4. The van der Waals surface area contributed by atoms with Crippen molar-refractivity contribution in [1.82, 2.24) is 9.88 Å². The van der Waals surface area contributed by atoms with Crippen LogP contribution in [-0.2, 0) is 0 Å². The number of halogens is 1. The molecule has 3 aromatic rings. The van der Waals surface area contributed by atoms with Gasteiger partial charge < -0.3 is 15.1 Å². The van der Waals surface area contributed by atoms with Crippen LogP contribution < -0.4 is 10.2 Å². The molecule has 0 saturated carbocycles. The molecule has 6 nitrogen and oxygen atoms in total.